The lowest BCUT2D eigenvalue weighted by atomic mass is 10.0. The Labute approximate surface area is 271 Å². The van der Waals surface area contributed by atoms with Crippen molar-refractivity contribution in [3.05, 3.63) is 53.3 Å². The molecule has 1 aromatic carbocycles. The molecule has 1 atom stereocenters. The molecule has 4 N–H and O–H groups in total. The Kier molecular flexibility index (Phi) is 8.56. The van der Waals surface area contributed by atoms with E-state index in [2.05, 4.69) is 62.5 Å². The predicted molar refractivity (Wildman–Crippen MR) is 182 cm³/mol. The molecule has 3 saturated heterocycles. The maximum Gasteiger partial charge on any atom is 0.271 e. The van der Waals surface area contributed by atoms with Crippen LogP contribution in [0, 0.1) is 13.8 Å². The van der Waals surface area contributed by atoms with Gasteiger partial charge in [0, 0.05) is 75.5 Å². The largest absolute Gasteiger partial charge is 0.375 e. The van der Waals surface area contributed by atoms with Crippen molar-refractivity contribution < 1.29 is 9.53 Å². The fraction of sp³-hybridized carbons (Fsp3) is 0.543. The summed E-state index contributed by atoms with van der Waals surface area (Å²) in [6.07, 6.45) is 8.09. The number of primary amides is 1. The van der Waals surface area contributed by atoms with Crippen LogP contribution in [-0.2, 0) is 4.74 Å². The van der Waals surface area contributed by atoms with E-state index in [1.807, 2.05) is 19.1 Å². The molecule has 11 heteroatoms. The van der Waals surface area contributed by atoms with Gasteiger partial charge in [0.25, 0.3) is 5.91 Å². The topological polar surface area (TPSA) is 125 Å². The summed E-state index contributed by atoms with van der Waals surface area (Å²) >= 11 is 0. The van der Waals surface area contributed by atoms with Gasteiger partial charge in [-0.2, -0.15) is 0 Å². The highest BCUT2D eigenvalue weighted by atomic mass is 16.5. The Hall–Kier alpha value is -3.80. The summed E-state index contributed by atoms with van der Waals surface area (Å²) in [6, 6.07) is 11.1. The first-order chi connectivity index (χ1) is 22.3. The van der Waals surface area contributed by atoms with Gasteiger partial charge in [0.2, 0.25) is 0 Å². The number of carbonyl (C=O) groups excluding carboxylic acids is 1. The van der Waals surface area contributed by atoms with Crippen LogP contribution >= 0.6 is 0 Å². The summed E-state index contributed by atoms with van der Waals surface area (Å²) in [5.41, 5.74) is 11.4. The first kappa shape index (κ1) is 30.8. The highest BCUT2D eigenvalue weighted by Crippen LogP contribution is 2.47. The zero-order chi connectivity index (χ0) is 31.8. The second-order valence-electron chi connectivity index (χ2n) is 13.7. The van der Waals surface area contributed by atoms with Gasteiger partial charge < -0.3 is 30.9 Å². The molecule has 3 aliphatic heterocycles. The van der Waals surface area contributed by atoms with Crippen molar-refractivity contribution in [3.63, 3.8) is 0 Å². The van der Waals surface area contributed by atoms with Crippen LogP contribution in [0.2, 0.25) is 0 Å². The molecule has 4 fully saturated rings. The minimum Gasteiger partial charge on any atom is -0.375 e. The van der Waals surface area contributed by atoms with Crippen molar-refractivity contribution in [2.75, 3.05) is 68.5 Å². The number of aromatic nitrogens is 3. The second-order valence-corrected chi connectivity index (χ2v) is 13.7. The van der Waals surface area contributed by atoms with E-state index in [9.17, 15) is 4.79 Å². The molecule has 1 aliphatic carbocycles. The lowest BCUT2D eigenvalue weighted by Crippen LogP contribution is -2.52. The van der Waals surface area contributed by atoms with E-state index in [4.69, 9.17) is 20.4 Å². The number of pyridine rings is 1. The standard InChI is InChI=1S/C35H47N9O2/c1-23-5-4-13-37-29(23)30-33(39-26-10-20-46-35(22-26)11-12-35)41-34(31(40-30)32(36)45)38-25-6-7-28(24(2)21-25)44-14-8-27(9-15-44)43-18-16-42(3)17-19-43/h4-7,13,21,26-27H,8-12,14-20,22H2,1-3H3,(H2,36,45)(H2,38,39,41). The molecule has 5 heterocycles. The maximum absolute atomic E-state index is 12.8. The van der Waals surface area contributed by atoms with Crippen molar-refractivity contribution in [1.82, 2.24) is 24.8 Å². The molecule has 1 spiro atoms. The lowest BCUT2D eigenvalue weighted by Gasteiger charge is -2.43. The van der Waals surface area contributed by atoms with Crippen LogP contribution in [-0.4, -0.2) is 101 Å². The average Bonchev–Trinajstić information content (AvgIpc) is 3.79. The first-order valence-corrected chi connectivity index (χ1v) is 16.9. The summed E-state index contributed by atoms with van der Waals surface area (Å²) in [4.78, 5) is 34.8. The van der Waals surface area contributed by atoms with Crippen molar-refractivity contribution in [2.45, 2.75) is 70.1 Å². The van der Waals surface area contributed by atoms with E-state index in [1.165, 1.54) is 37.2 Å². The third-order valence-corrected chi connectivity index (χ3v) is 10.3. The van der Waals surface area contributed by atoms with E-state index in [-0.39, 0.29) is 17.3 Å². The fourth-order valence-electron chi connectivity index (χ4n) is 7.41. The summed E-state index contributed by atoms with van der Waals surface area (Å²) in [5.74, 6) is 0.283. The molecule has 46 heavy (non-hydrogen) atoms. The number of nitrogens with zero attached hydrogens (tertiary/aromatic N) is 6. The van der Waals surface area contributed by atoms with Gasteiger partial charge in [-0.25, -0.2) is 9.97 Å². The van der Waals surface area contributed by atoms with Gasteiger partial charge in [0.1, 0.15) is 5.69 Å². The van der Waals surface area contributed by atoms with Crippen LogP contribution in [0.15, 0.2) is 36.5 Å². The number of hydrogen-bond acceptors (Lipinski definition) is 10. The number of nitrogens with two attached hydrogens (primary N) is 1. The van der Waals surface area contributed by atoms with Crippen LogP contribution in [0.5, 0.6) is 0 Å². The molecule has 0 bridgehead atoms. The Morgan fingerprint density at radius 2 is 1.74 bits per heavy atom. The van der Waals surface area contributed by atoms with Crippen molar-refractivity contribution in [2.24, 2.45) is 5.73 Å². The third kappa shape index (κ3) is 6.54. The van der Waals surface area contributed by atoms with Crippen LogP contribution in [0.1, 0.15) is 60.1 Å². The Morgan fingerprint density at radius 1 is 0.957 bits per heavy atom. The van der Waals surface area contributed by atoms with Gasteiger partial charge in [-0.05, 0) is 94.8 Å². The SMILES string of the molecule is Cc1cc(Nc2nc(NC3CCOC4(CC4)C3)c(-c3ncccc3C)nc2C(N)=O)ccc1N1CCC(N2CCN(C)CC2)CC1. The maximum atomic E-state index is 12.8. The number of rotatable bonds is 8. The molecule has 1 saturated carbocycles. The third-order valence-electron chi connectivity index (χ3n) is 10.3. The molecule has 11 nitrogen and oxygen atoms in total. The van der Waals surface area contributed by atoms with Gasteiger partial charge in [-0.1, -0.05) is 6.07 Å². The minimum absolute atomic E-state index is 0.00220. The predicted octanol–water partition coefficient (Wildman–Crippen LogP) is 4.34. The normalized spacial score (nSPS) is 22.2. The van der Waals surface area contributed by atoms with Crippen LogP contribution in [0.4, 0.5) is 23.0 Å². The summed E-state index contributed by atoms with van der Waals surface area (Å²) in [5, 5.41) is 7.05. The van der Waals surface area contributed by atoms with Gasteiger partial charge in [0.15, 0.2) is 17.3 Å². The number of piperidine rings is 1. The van der Waals surface area contributed by atoms with Crippen molar-refractivity contribution in [3.8, 4) is 11.4 Å². The zero-order valence-electron chi connectivity index (χ0n) is 27.4. The molecule has 1 amide bonds. The number of nitrogens with one attached hydrogen (secondary N) is 2. The smallest absolute Gasteiger partial charge is 0.271 e. The molecule has 0 radical (unpaired) electrons. The molecular weight excluding hydrogens is 578 g/mol. The summed E-state index contributed by atoms with van der Waals surface area (Å²) < 4.78 is 6.06. The molecule has 2 aromatic heterocycles. The molecule has 1 unspecified atom stereocenters. The number of piperazine rings is 1. The number of anilines is 4. The number of aryl methyl sites for hydroxylation is 2. The molecular formula is C35H47N9O2. The molecule has 3 aromatic rings. The minimum atomic E-state index is -0.643. The molecule has 7 rings (SSSR count). The number of amides is 1. The van der Waals surface area contributed by atoms with Crippen molar-refractivity contribution in [1.29, 1.82) is 0 Å². The van der Waals surface area contributed by atoms with Crippen LogP contribution in [0.3, 0.4) is 0 Å². The Balaban J connectivity index is 1.12. The van der Waals surface area contributed by atoms with E-state index in [0.29, 0.717) is 35.7 Å². The zero-order valence-corrected chi connectivity index (χ0v) is 27.4. The first-order valence-electron chi connectivity index (χ1n) is 16.9. The van der Waals surface area contributed by atoms with E-state index < -0.39 is 5.91 Å². The van der Waals surface area contributed by atoms with Crippen LogP contribution < -0.4 is 21.3 Å². The Morgan fingerprint density at radius 3 is 2.43 bits per heavy atom. The van der Waals surface area contributed by atoms with Gasteiger partial charge in [0.05, 0.1) is 11.3 Å². The Bertz CT molecular complexity index is 1580. The van der Waals surface area contributed by atoms with Gasteiger partial charge >= 0.3 is 0 Å². The van der Waals surface area contributed by atoms with E-state index in [1.54, 1.807) is 6.20 Å². The summed E-state index contributed by atoms with van der Waals surface area (Å²) in [6.45, 7) is 11.6. The molecule has 244 valence electrons. The average molecular weight is 626 g/mol. The molecule has 4 aliphatic rings. The number of hydrogen-bond donors (Lipinski definition) is 3. The number of carbonyl (C=O) groups is 1. The van der Waals surface area contributed by atoms with Crippen LogP contribution in [0.25, 0.3) is 11.4 Å². The van der Waals surface area contributed by atoms with E-state index >= 15 is 0 Å². The monoisotopic (exact) mass is 625 g/mol. The number of benzene rings is 1. The van der Waals surface area contributed by atoms with Crippen molar-refractivity contribution >= 4 is 28.9 Å². The fourth-order valence-corrected chi connectivity index (χ4v) is 7.41. The number of ether oxygens (including phenoxy) is 1. The highest BCUT2D eigenvalue weighted by molar-refractivity contribution is 5.97. The lowest BCUT2D eigenvalue weighted by molar-refractivity contribution is -0.00884. The highest BCUT2D eigenvalue weighted by Gasteiger charge is 2.48. The second kappa shape index (κ2) is 12.8. The van der Waals surface area contributed by atoms with E-state index in [0.717, 1.165) is 63.1 Å². The number of likely N-dealkylation sites (N-methyl/N-ethyl adjacent to an activating group) is 1. The summed E-state index contributed by atoms with van der Waals surface area (Å²) in [7, 11) is 2.21. The van der Waals surface area contributed by atoms with Gasteiger partial charge in [-0.15, -0.1) is 0 Å². The quantitative estimate of drug-likeness (QED) is 0.333. The van der Waals surface area contributed by atoms with Gasteiger partial charge in [-0.3, -0.25) is 14.7 Å².